The summed E-state index contributed by atoms with van der Waals surface area (Å²) >= 11 is 1.82. The number of nitrogens with zero attached hydrogens (tertiary/aromatic N) is 1. The number of carbonyl (C=O) groups excluding carboxylic acids is 1. The summed E-state index contributed by atoms with van der Waals surface area (Å²) < 4.78 is 0. The van der Waals surface area contributed by atoms with Crippen LogP contribution in [-0.4, -0.2) is 48.5 Å². The van der Waals surface area contributed by atoms with E-state index in [1.54, 1.807) is 0 Å². The lowest BCUT2D eigenvalue weighted by molar-refractivity contribution is -0.130. The molecule has 0 fully saturated rings. The molecule has 3 nitrogen and oxygen atoms in total. The van der Waals surface area contributed by atoms with Gasteiger partial charge in [0.05, 0.1) is 6.54 Å². The molecule has 90 valence electrons. The summed E-state index contributed by atoms with van der Waals surface area (Å²) in [5.41, 5.74) is 0. The molecule has 0 aromatic carbocycles. The Labute approximate surface area is 98.0 Å². The van der Waals surface area contributed by atoms with E-state index in [2.05, 4.69) is 18.5 Å². The second-order valence-corrected chi connectivity index (χ2v) is 5.16. The Bertz CT molecular complexity index is 185. The van der Waals surface area contributed by atoms with Gasteiger partial charge in [0.15, 0.2) is 0 Å². The van der Waals surface area contributed by atoms with Crippen LogP contribution in [0.25, 0.3) is 0 Å². The maximum Gasteiger partial charge on any atom is 0.236 e. The van der Waals surface area contributed by atoms with Crippen molar-refractivity contribution < 1.29 is 4.79 Å². The molecular weight excluding hydrogens is 208 g/mol. The zero-order chi connectivity index (χ0) is 11.8. The van der Waals surface area contributed by atoms with E-state index in [1.165, 1.54) is 0 Å². The first-order valence-corrected chi connectivity index (χ1v) is 6.86. The van der Waals surface area contributed by atoms with Crippen LogP contribution < -0.4 is 5.32 Å². The molecule has 0 saturated carbocycles. The fourth-order valence-electron chi connectivity index (χ4n) is 1.14. The quantitative estimate of drug-likeness (QED) is 0.723. The van der Waals surface area contributed by atoms with Gasteiger partial charge in [0, 0.05) is 19.1 Å². The zero-order valence-corrected chi connectivity index (χ0v) is 11.4. The largest absolute Gasteiger partial charge is 0.342 e. The molecule has 0 aliphatic carbocycles. The van der Waals surface area contributed by atoms with Crippen molar-refractivity contribution in [1.82, 2.24) is 10.2 Å². The predicted octanol–water partition coefficient (Wildman–Crippen LogP) is 1.58. The topological polar surface area (TPSA) is 32.3 Å². The standard InChI is InChI=1S/C11H24N2OS/c1-9(2)12-8-11(14)13(4)10(3)6-7-15-5/h9-10,12H,6-8H2,1-5H3. The highest BCUT2D eigenvalue weighted by Crippen LogP contribution is 2.05. The SMILES string of the molecule is CSCCC(C)N(C)C(=O)CNC(C)C. The summed E-state index contributed by atoms with van der Waals surface area (Å²) in [5.74, 6) is 1.29. The number of hydrogen-bond acceptors (Lipinski definition) is 3. The van der Waals surface area contributed by atoms with Gasteiger partial charge < -0.3 is 10.2 Å². The Hall–Kier alpha value is -0.220. The number of likely N-dealkylation sites (N-methyl/N-ethyl adjacent to an activating group) is 1. The Morgan fingerprint density at radius 2 is 2.00 bits per heavy atom. The third-order valence-electron chi connectivity index (χ3n) is 2.46. The number of hydrogen-bond donors (Lipinski definition) is 1. The first-order chi connectivity index (χ1) is 6.99. The maximum atomic E-state index is 11.7. The molecule has 0 spiro atoms. The molecule has 0 aromatic heterocycles. The van der Waals surface area contributed by atoms with Crippen LogP contribution in [-0.2, 0) is 4.79 Å². The van der Waals surface area contributed by atoms with Crippen molar-refractivity contribution in [3.63, 3.8) is 0 Å². The van der Waals surface area contributed by atoms with Crippen molar-refractivity contribution in [3.05, 3.63) is 0 Å². The maximum absolute atomic E-state index is 11.7. The zero-order valence-electron chi connectivity index (χ0n) is 10.5. The summed E-state index contributed by atoms with van der Waals surface area (Å²) in [5, 5.41) is 3.14. The van der Waals surface area contributed by atoms with Gasteiger partial charge in [-0.3, -0.25) is 4.79 Å². The highest BCUT2D eigenvalue weighted by atomic mass is 32.2. The first kappa shape index (κ1) is 14.8. The van der Waals surface area contributed by atoms with E-state index in [4.69, 9.17) is 0 Å². The van der Waals surface area contributed by atoms with Crippen LogP contribution in [0.1, 0.15) is 27.2 Å². The molecule has 0 aromatic rings. The molecule has 0 radical (unpaired) electrons. The van der Waals surface area contributed by atoms with Crippen LogP contribution in [0.2, 0.25) is 0 Å². The predicted molar refractivity (Wildman–Crippen MR) is 68.4 cm³/mol. The summed E-state index contributed by atoms with van der Waals surface area (Å²) in [7, 11) is 1.88. The Balaban J connectivity index is 3.85. The minimum absolute atomic E-state index is 0.178. The molecule has 1 N–H and O–H groups in total. The van der Waals surface area contributed by atoms with Gasteiger partial charge in [-0.15, -0.1) is 0 Å². The van der Waals surface area contributed by atoms with Gasteiger partial charge in [0.25, 0.3) is 0 Å². The molecule has 15 heavy (non-hydrogen) atoms. The Kier molecular flexibility index (Phi) is 7.88. The highest BCUT2D eigenvalue weighted by Gasteiger charge is 2.14. The van der Waals surface area contributed by atoms with E-state index < -0.39 is 0 Å². The summed E-state index contributed by atoms with van der Waals surface area (Å²) in [6, 6.07) is 0.697. The van der Waals surface area contributed by atoms with E-state index in [1.807, 2.05) is 37.6 Å². The lowest BCUT2D eigenvalue weighted by atomic mass is 10.2. The van der Waals surface area contributed by atoms with Gasteiger partial charge in [-0.25, -0.2) is 0 Å². The van der Waals surface area contributed by atoms with Crippen LogP contribution in [0.4, 0.5) is 0 Å². The molecule has 0 aliphatic heterocycles. The molecule has 0 bridgehead atoms. The minimum Gasteiger partial charge on any atom is -0.342 e. The second kappa shape index (κ2) is 7.99. The van der Waals surface area contributed by atoms with Gasteiger partial charge in [-0.05, 0) is 25.4 Å². The van der Waals surface area contributed by atoms with Crippen molar-refractivity contribution >= 4 is 17.7 Å². The third kappa shape index (κ3) is 6.79. The summed E-state index contributed by atoms with van der Waals surface area (Å²) in [6.07, 6.45) is 3.15. The lowest BCUT2D eigenvalue weighted by Gasteiger charge is -2.25. The van der Waals surface area contributed by atoms with E-state index >= 15 is 0 Å². The molecule has 0 heterocycles. The third-order valence-corrected chi connectivity index (χ3v) is 3.10. The van der Waals surface area contributed by atoms with E-state index in [0.29, 0.717) is 18.6 Å². The average Bonchev–Trinajstić information content (AvgIpc) is 2.21. The molecule has 0 rings (SSSR count). The van der Waals surface area contributed by atoms with Crippen molar-refractivity contribution in [1.29, 1.82) is 0 Å². The second-order valence-electron chi connectivity index (χ2n) is 4.17. The number of carbonyl (C=O) groups is 1. The van der Waals surface area contributed by atoms with Gasteiger partial charge in [0.2, 0.25) is 5.91 Å². The summed E-state index contributed by atoms with van der Waals surface area (Å²) in [4.78, 5) is 13.5. The average molecular weight is 232 g/mol. The molecule has 0 saturated heterocycles. The highest BCUT2D eigenvalue weighted by molar-refractivity contribution is 7.98. The molecule has 1 amide bonds. The monoisotopic (exact) mass is 232 g/mol. The lowest BCUT2D eigenvalue weighted by Crippen LogP contribution is -2.42. The normalized spacial score (nSPS) is 12.9. The Morgan fingerprint density at radius 1 is 1.40 bits per heavy atom. The van der Waals surface area contributed by atoms with Crippen LogP contribution in [0.5, 0.6) is 0 Å². The van der Waals surface area contributed by atoms with Gasteiger partial charge in [-0.1, -0.05) is 13.8 Å². The number of rotatable bonds is 7. The van der Waals surface area contributed by atoms with Crippen molar-refractivity contribution in [2.75, 3.05) is 25.6 Å². The van der Waals surface area contributed by atoms with Crippen molar-refractivity contribution in [2.24, 2.45) is 0 Å². The van der Waals surface area contributed by atoms with Crippen molar-refractivity contribution in [2.45, 2.75) is 39.3 Å². The van der Waals surface area contributed by atoms with Gasteiger partial charge in [-0.2, -0.15) is 11.8 Å². The van der Waals surface area contributed by atoms with Gasteiger partial charge >= 0.3 is 0 Å². The van der Waals surface area contributed by atoms with E-state index in [-0.39, 0.29) is 5.91 Å². The molecule has 0 aliphatic rings. The molecule has 4 heteroatoms. The van der Waals surface area contributed by atoms with Gasteiger partial charge in [0.1, 0.15) is 0 Å². The van der Waals surface area contributed by atoms with E-state index in [0.717, 1.165) is 12.2 Å². The fraction of sp³-hybridized carbons (Fsp3) is 0.909. The van der Waals surface area contributed by atoms with Crippen molar-refractivity contribution in [3.8, 4) is 0 Å². The molecular formula is C11H24N2OS. The number of thioether (sulfide) groups is 1. The Morgan fingerprint density at radius 3 is 2.47 bits per heavy atom. The first-order valence-electron chi connectivity index (χ1n) is 5.47. The molecule has 1 atom stereocenters. The fourth-order valence-corrected chi connectivity index (χ4v) is 1.72. The summed E-state index contributed by atoms with van der Waals surface area (Å²) in [6.45, 7) is 6.64. The van der Waals surface area contributed by atoms with Crippen LogP contribution in [0.3, 0.4) is 0 Å². The van der Waals surface area contributed by atoms with Crippen LogP contribution >= 0.6 is 11.8 Å². The van der Waals surface area contributed by atoms with Crippen LogP contribution in [0, 0.1) is 0 Å². The van der Waals surface area contributed by atoms with Crippen LogP contribution in [0.15, 0.2) is 0 Å². The number of amides is 1. The smallest absolute Gasteiger partial charge is 0.236 e. The number of nitrogens with one attached hydrogen (secondary N) is 1. The van der Waals surface area contributed by atoms with E-state index in [9.17, 15) is 4.79 Å². The molecule has 1 unspecified atom stereocenters. The minimum atomic E-state index is 0.178.